The lowest BCUT2D eigenvalue weighted by Gasteiger charge is -2.08. The van der Waals surface area contributed by atoms with Crippen LogP contribution in [0.15, 0.2) is 40.9 Å². The monoisotopic (exact) mass is 428 g/mol. The lowest BCUT2D eigenvalue weighted by atomic mass is 10.1. The molecule has 6 nitrogen and oxygen atoms in total. The Morgan fingerprint density at radius 3 is 2.69 bits per heavy atom. The summed E-state index contributed by atoms with van der Waals surface area (Å²) in [7, 11) is 0. The molecule has 0 bridgehead atoms. The molecule has 0 aliphatic carbocycles. The molecule has 0 fully saturated rings. The van der Waals surface area contributed by atoms with Crippen molar-refractivity contribution in [2.45, 2.75) is 45.3 Å². The molecule has 0 aliphatic rings. The van der Waals surface area contributed by atoms with Crippen molar-refractivity contribution in [2.75, 3.05) is 11.1 Å². The van der Waals surface area contributed by atoms with Crippen LogP contribution in [0.25, 0.3) is 11.4 Å². The van der Waals surface area contributed by atoms with E-state index in [1.54, 1.807) is 35.6 Å². The number of Topliss-reactive ketones (excluding diaryl/α,β-unsaturated/α-hetero) is 1. The summed E-state index contributed by atoms with van der Waals surface area (Å²) in [6.07, 6.45) is 0. The number of benzene rings is 1. The molecule has 0 aliphatic heterocycles. The summed E-state index contributed by atoms with van der Waals surface area (Å²) in [6.45, 7) is 8.61. The van der Waals surface area contributed by atoms with Gasteiger partial charge in [-0.25, -0.2) is 0 Å². The first-order valence-electron chi connectivity index (χ1n) is 9.44. The van der Waals surface area contributed by atoms with Crippen LogP contribution in [0.4, 0.5) is 5.69 Å². The standard InChI is InChI=1S/C21H24N4O2S2/c1-5-25-20(16-10-18(13(2)3)28-11-16)23-24-21(25)29-12-19(27)22-17-8-6-7-15(9-17)14(4)26/h6-11,13H,5,12H2,1-4H3,(H,22,27). The Kier molecular flexibility index (Phi) is 6.87. The lowest BCUT2D eigenvalue weighted by Crippen LogP contribution is -2.15. The minimum atomic E-state index is -0.152. The van der Waals surface area contributed by atoms with Crippen LogP contribution in [0.3, 0.4) is 0 Å². The Bertz CT molecular complexity index is 1020. The van der Waals surface area contributed by atoms with Crippen molar-refractivity contribution >= 4 is 40.5 Å². The molecular formula is C21H24N4O2S2. The molecular weight excluding hydrogens is 404 g/mol. The van der Waals surface area contributed by atoms with E-state index >= 15 is 0 Å². The van der Waals surface area contributed by atoms with E-state index in [-0.39, 0.29) is 17.4 Å². The zero-order valence-corrected chi connectivity index (χ0v) is 18.6. The predicted molar refractivity (Wildman–Crippen MR) is 119 cm³/mol. The molecule has 29 heavy (non-hydrogen) atoms. The molecule has 0 spiro atoms. The van der Waals surface area contributed by atoms with E-state index in [2.05, 4.69) is 40.8 Å². The van der Waals surface area contributed by atoms with Gasteiger partial charge in [0.2, 0.25) is 5.91 Å². The molecule has 1 aromatic carbocycles. The zero-order chi connectivity index (χ0) is 21.0. The summed E-state index contributed by atoms with van der Waals surface area (Å²) >= 11 is 3.08. The highest BCUT2D eigenvalue weighted by Crippen LogP contribution is 2.31. The third-order valence-corrected chi connectivity index (χ3v) is 6.57. The average Bonchev–Trinajstić information content (AvgIpc) is 3.33. The molecule has 1 N–H and O–H groups in total. The molecule has 1 amide bonds. The van der Waals surface area contributed by atoms with Gasteiger partial charge in [0, 0.05) is 33.6 Å². The second-order valence-corrected chi connectivity index (χ2v) is 8.80. The fraction of sp³-hybridized carbons (Fsp3) is 0.333. The smallest absolute Gasteiger partial charge is 0.234 e. The molecule has 8 heteroatoms. The molecule has 0 saturated heterocycles. The van der Waals surface area contributed by atoms with Gasteiger partial charge in [0.05, 0.1) is 5.75 Å². The third kappa shape index (κ3) is 5.13. The number of rotatable bonds is 8. The quantitative estimate of drug-likeness (QED) is 0.400. The second-order valence-electron chi connectivity index (χ2n) is 6.92. The van der Waals surface area contributed by atoms with Crippen LogP contribution in [-0.2, 0) is 11.3 Å². The van der Waals surface area contributed by atoms with Gasteiger partial charge in [-0.2, -0.15) is 0 Å². The minimum Gasteiger partial charge on any atom is -0.325 e. The van der Waals surface area contributed by atoms with Crippen molar-refractivity contribution < 1.29 is 9.59 Å². The number of carbonyl (C=O) groups is 2. The van der Waals surface area contributed by atoms with Gasteiger partial charge in [0.1, 0.15) is 0 Å². The number of hydrogen-bond donors (Lipinski definition) is 1. The first-order valence-corrected chi connectivity index (χ1v) is 11.3. The predicted octanol–water partition coefficient (Wildman–Crippen LogP) is 5.08. The van der Waals surface area contributed by atoms with Crippen LogP contribution in [0.5, 0.6) is 0 Å². The Morgan fingerprint density at radius 1 is 1.24 bits per heavy atom. The van der Waals surface area contributed by atoms with Gasteiger partial charge in [0.15, 0.2) is 16.8 Å². The molecule has 3 rings (SSSR count). The highest BCUT2D eigenvalue weighted by Gasteiger charge is 2.16. The van der Waals surface area contributed by atoms with E-state index in [4.69, 9.17) is 0 Å². The first kappa shape index (κ1) is 21.3. The largest absolute Gasteiger partial charge is 0.325 e. The van der Waals surface area contributed by atoms with E-state index in [1.165, 1.54) is 23.6 Å². The van der Waals surface area contributed by atoms with Gasteiger partial charge in [0.25, 0.3) is 0 Å². The Morgan fingerprint density at radius 2 is 2.03 bits per heavy atom. The number of nitrogens with zero attached hydrogens (tertiary/aromatic N) is 3. The Balaban J connectivity index is 1.67. The fourth-order valence-corrected chi connectivity index (χ4v) is 4.52. The summed E-state index contributed by atoms with van der Waals surface area (Å²) in [5.41, 5.74) is 2.24. The van der Waals surface area contributed by atoms with E-state index in [9.17, 15) is 9.59 Å². The van der Waals surface area contributed by atoms with E-state index in [0.717, 1.165) is 17.9 Å². The molecule has 152 valence electrons. The number of thioether (sulfide) groups is 1. The van der Waals surface area contributed by atoms with Gasteiger partial charge in [-0.1, -0.05) is 37.7 Å². The van der Waals surface area contributed by atoms with Crippen molar-refractivity contribution in [1.29, 1.82) is 0 Å². The van der Waals surface area contributed by atoms with Crippen molar-refractivity contribution in [3.63, 3.8) is 0 Å². The zero-order valence-electron chi connectivity index (χ0n) is 16.9. The van der Waals surface area contributed by atoms with Crippen LogP contribution in [0, 0.1) is 0 Å². The van der Waals surface area contributed by atoms with Crippen LogP contribution < -0.4 is 5.32 Å². The van der Waals surface area contributed by atoms with Crippen molar-refractivity contribution in [3.05, 3.63) is 46.2 Å². The maximum absolute atomic E-state index is 12.3. The second kappa shape index (κ2) is 9.37. The summed E-state index contributed by atoms with van der Waals surface area (Å²) in [6, 6.07) is 9.10. The van der Waals surface area contributed by atoms with Gasteiger partial charge in [-0.15, -0.1) is 21.5 Å². The first-order chi connectivity index (χ1) is 13.9. The summed E-state index contributed by atoms with van der Waals surface area (Å²) < 4.78 is 2.03. The maximum atomic E-state index is 12.3. The number of ketones is 1. The van der Waals surface area contributed by atoms with Crippen molar-refractivity contribution in [3.8, 4) is 11.4 Å². The van der Waals surface area contributed by atoms with Gasteiger partial charge < -0.3 is 9.88 Å². The number of anilines is 1. The van der Waals surface area contributed by atoms with Gasteiger partial charge >= 0.3 is 0 Å². The SMILES string of the molecule is CCn1c(SCC(=O)Nc2cccc(C(C)=O)c2)nnc1-c1csc(C(C)C)c1. The molecule has 0 saturated carbocycles. The van der Waals surface area contributed by atoms with Gasteiger partial charge in [-0.05, 0) is 38.0 Å². The number of aromatic nitrogens is 3. The summed E-state index contributed by atoms with van der Waals surface area (Å²) in [5, 5.41) is 14.3. The highest BCUT2D eigenvalue weighted by molar-refractivity contribution is 7.99. The Hall–Kier alpha value is -2.45. The number of amides is 1. The summed E-state index contributed by atoms with van der Waals surface area (Å²) in [5.74, 6) is 1.33. The van der Waals surface area contributed by atoms with Crippen LogP contribution in [0.1, 0.15) is 48.8 Å². The molecule has 0 radical (unpaired) electrons. The van der Waals surface area contributed by atoms with Crippen molar-refractivity contribution in [2.24, 2.45) is 0 Å². The van der Waals surface area contributed by atoms with Crippen LogP contribution in [-0.4, -0.2) is 32.2 Å². The van der Waals surface area contributed by atoms with E-state index in [1.807, 2.05) is 11.5 Å². The number of thiophene rings is 1. The Labute approximate surface area is 178 Å². The minimum absolute atomic E-state index is 0.0342. The highest BCUT2D eigenvalue weighted by atomic mass is 32.2. The van der Waals surface area contributed by atoms with E-state index in [0.29, 0.717) is 22.3 Å². The summed E-state index contributed by atoms with van der Waals surface area (Å²) in [4.78, 5) is 25.1. The average molecular weight is 429 g/mol. The van der Waals surface area contributed by atoms with Gasteiger partial charge in [-0.3, -0.25) is 9.59 Å². The number of nitrogens with one attached hydrogen (secondary N) is 1. The fourth-order valence-electron chi connectivity index (χ4n) is 2.81. The lowest BCUT2D eigenvalue weighted by molar-refractivity contribution is -0.113. The third-order valence-electron chi connectivity index (χ3n) is 4.37. The molecule has 3 aromatic rings. The molecule has 2 aromatic heterocycles. The maximum Gasteiger partial charge on any atom is 0.234 e. The van der Waals surface area contributed by atoms with E-state index < -0.39 is 0 Å². The topological polar surface area (TPSA) is 76.9 Å². The van der Waals surface area contributed by atoms with Crippen molar-refractivity contribution in [1.82, 2.24) is 14.8 Å². The number of carbonyl (C=O) groups excluding carboxylic acids is 2. The van der Waals surface area contributed by atoms with Crippen LogP contribution >= 0.6 is 23.1 Å². The molecule has 0 unspecified atom stereocenters. The molecule has 2 heterocycles. The molecule has 0 atom stereocenters. The number of hydrogen-bond acceptors (Lipinski definition) is 6. The van der Waals surface area contributed by atoms with Crippen LogP contribution in [0.2, 0.25) is 0 Å². The normalized spacial score (nSPS) is 11.1.